The van der Waals surface area contributed by atoms with Crippen molar-refractivity contribution in [2.45, 2.75) is 18.3 Å². The Bertz CT molecular complexity index is 785. The van der Waals surface area contributed by atoms with E-state index in [1.807, 2.05) is 0 Å². The normalized spacial score (nSPS) is 20.2. The van der Waals surface area contributed by atoms with Crippen molar-refractivity contribution in [3.8, 4) is 11.5 Å². The van der Waals surface area contributed by atoms with Gasteiger partial charge in [0.15, 0.2) is 11.6 Å². The van der Waals surface area contributed by atoms with Crippen LogP contribution in [0.25, 0.3) is 0 Å². The molecule has 1 aromatic carbocycles. The number of hydrogen-bond donors (Lipinski definition) is 1. The van der Waals surface area contributed by atoms with Gasteiger partial charge in [0, 0.05) is 6.42 Å². The molecule has 0 radical (unpaired) electrons. The average molecular weight is 363 g/mol. The Morgan fingerprint density at radius 3 is 2.67 bits per heavy atom. The summed E-state index contributed by atoms with van der Waals surface area (Å²) < 4.78 is 59.8. The van der Waals surface area contributed by atoms with Gasteiger partial charge in [-0.25, -0.2) is 9.37 Å². The van der Waals surface area contributed by atoms with Crippen LogP contribution in [0.4, 0.5) is 17.6 Å². The highest BCUT2D eigenvalue weighted by molar-refractivity contribution is 6.29. The molecule has 0 aliphatic carbocycles. The molecule has 1 aliphatic heterocycles. The van der Waals surface area contributed by atoms with E-state index in [1.165, 1.54) is 12.1 Å². The van der Waals surface area contributed by atoms with E-state index in [-0.39, 0.29) is 23.7 Å². The predicted octanol–water partition coefficient (Wildman–Crippen LogP) is 3.76. The van der Waals surface area contributed by atoms with Gasteiger partial charge in [-0.2, -0.15) is 0 Å². The highest BCUT2D eigenvalue weighted by Crippen LogP contribution is 2.40. The van der Waals surface area contributed by atoms with E-state index >= 15 is 0 Å². The highest BCUT2D eigenvalue weighted by Gasteiger charge is 2.39. The first-order chi connectivity index (χ1) is 11.2. The molecule has 128 valence electrons. The van der Waals surface area contributed by atoms with Crippen molar-refractivity contribution < 1.29 is 27.0 Å². The number of nitrogens with zero attached hydrogens (tertiary/aromatic N) is 1. The summed E-state index contributed by atoms with van der Waals surface area (Å²) in [5.41, 5.74) is 5.68. The van der Waals surface area contributed by atoms with Crippen LogP contribution in [0, 0.1) is 5.82 Å². The Labute approximate surface area is 139 Å². The van der Waals surface area contributed by atoms with Crippen LogP contribution in [0.5, 0.6) is 11.5 Å². The maximum absolute atomic E-state index is 14.0. The number of halogens is 5. The van der Waals surface area contributed by atoms with E-state index < -0.39 is 23.5 Å². The third-order valence-corrected chi connectivity index (χ3v) is 3.88. The van der Waals surface area contributed by atoms with E-state index in [9.17, 15) is 17.6 Å². The van der Waals surface area contributed by atoms with Crippen LogP contribution in [-0.2, 0) is 5.54 Å². The fraction of sp³-hybridized carbons (Fsp3) is 0.267. The number of ether oxygens (including phenoxy) is 2. The van der Waals surface area contributed by atoms with E-state index in [1.54, 1.807) is 6.07 Å². The minimum Gasteiger partial charge on any atom is -0.491 e. The second-order valence-corrected chi connectivity index (χ2v) is 5.63. The third-order valence-electron chi connectivity index (χ3n) is 3.67. The molecule has 0 bridgehead atoms. The van der Waals surface area contributed by atoms with Crippen LogP contribution in [0.15, 0.2) is 30.3 Å². The second kappa shape index (κ2) is 5.78. The van der Waals surface area contributed by atoms with Gasteiger partial charge in [-0.1, -0.05) is 17.7 Å². The summed E-state index contributed by atoms with van der Waals surface area (Å²) in [7, 11) is 0. The Kier molecular flexibility index (Phi) is 4.05. The lowest BCUT2D eigenvalue weighted by Gasteiger charge is -2.35. The molecule has 3 rings (SSSR count). The first-order valence-corrected chi connectivity index (χ1v) is 7.21. The molecular weight excluding hydrogens is 352 g/mol. The Hall–Kier alpha value is -2.06. The fourth-order valence-corrected chi connectivity index (χ4v) is 2.71. The van der Waals surface area contributed by atoms with Gasteiger partial charge in [-0.15, -0.1) is 13.2 Å². The molecule has 0 spiro atoms. The van der Waals surface area contributed by atoms with Gasteiger partial charge in [0.05, 0.1) is 12.1 Å². The molecule has 0 amide bonds. The zero-order valence-electron chi connectivity index (χ0n) is 12.0. The first kappa shape index (κ1) is 16.8. The molecular formula is C15H11ClF4N2O2. The number of pyridine rings is 1. The van der Waals surface area contributed by atoms with Crippen molar-refractivity contribution in [2.75, 3.05) is 6.61 Å². The zero-order valence-corrected chi connectivity index (χ0v) is 12.8. The van der Waals surface area contributed by atoms with E-state index in [2.05, 4.69) is 9.72 Å². The lowest BCUT2D eigenvalue weighted by atomic mass is 9.82. The number of rotatable bonds is 2. The molecule has 1 aromatic heterocycles. The van der Waals surface area contributed by atoms with Crippen LogP contribution in [0.3, 0.4) is 0 Å². The van der Waals surface area contributed by atoms with Crippen LogP contribution in [-0.4, -0.2) is 18.0 Å². The highest BCUT2D eigenvalue weighted by atomic mass is 35.5. The molecule has 1 atom stereocenters. The van der Waals surface area contributed by atoms with Crippen molar-refractivity contribution >= 4 is 11.6 Å². The van der Waals surface area contributed by atoms with Crippen molar-refractivity contribution in [3.63, 3.8) is 0 Å². The molecule has 9 heteroatoms. The van der Waals surface area contributed by atoms with Gasteiger partial charge in [-0.3, -0.25) is 0 Å². The Balaban J connectivity index is 2.04. The van der Waals surface area contributed by atoms with Crippen LogP contribution in [0.1, 0.15) is 17.7 Å². The average Bonchev–Trinajstić information content (AvgIpc) is 2.49. The maximum Gasteiger partial charge on any atom is 0.573 e. The van der Waals surface area contributed by atoms with Crippen LogP contribution < -0.4 is 15.2 Å². The standard InChI is InChI=1S/C15H11ClF4N2O2/c16-12-4-3-11-13(22-12)14(21,5-6-23-11)8-1-2-10(9(17)7-8)24-15(18,19)20/h1-4,7H,5-6,21H2. The fourth-order valence-electron chi connectivity index (χ4n) is 2.57. The molecule has 0 saturated carbocycles. The Morgan fingerprint density at radius 2 is 2.00 bits per heavy atom. The zero-order chi connectivity index (χ0) is 17.5. The quantitative estimate of drug-likeness (QED) is 0.653. The van der Waals surface area contributed by atoms with Gasteiger partial charge >= 0.3 is 6.36 Å². The molecule has 1 aliphatic rings. The minimum atomic E-state index is -4.98. The summed E-state index contributed by atoms with van der Waals surface area (Å²) in [5, 5.41) is 0.173. The number of alkyl halides is 3. The summed E-state index contributed by atoms with van der Waals surface area (Å²) in [4.78, 5) is 4.14. The van der Waals surface area contributed by atoms with Gasteiger partial charge in [-0.05, 0) is 29.8 Å². The van der Waals surface area contributed by atoms with E-state index in [0.29, 0.717) is 11.4 Å². The van der Waals surface area contributed by atoms with Crippen molar-refractivity contribution in [1.82, 2.24) is 4.98 Å². The first-order valence-electron chi connectivity index (χ1n) is 6.83. The van der Waals surface area contributed by atoms with Crippen LogP contribution in [0.2, 0.25) is 5.15 Å². The lowest BCUT2D eigenvalue weighted by Crippen LogP contribution is -2.43. The molecule has 4 nitrogen and oxygen atoms in total. The molecule has 1 unspecified atom stereocenters. The molecule has 0 fully saturated rings. The molecule has 2 aromatic rings. The summed E-state index contributed by atoms with van der Waals surface area (Å²) in [6.45, 7) is 0.245. The largest absolute Gasteiger partial charge is 0.573 e. The lowest BCUT2D eigenvalue weighted by molar-refractivity contribution is -0.275. The van der Waals surface area contributed by atoms with Crippen molar-refractivity contribution in [3.05, 3.63) is 52.6 Å². The number of nitrogens with two attached hydrogens (primary N) is 1. The second-order valence-electron chi connectivity index (χ2n) is 5.24. The van der Waals surface area contributed by atoms with E-state index in [4.69, 9.17) is 22.1 Å². The third kappa shape index (κ3) is 3.11. The van der Waals surface area contributed by atoms with Crippen molar-refractivity contribution in [1.29, 1.82) is 0 Å². The Morgan fingerprint density at radius 1 is 1.25 bits per heavy atom. The van der Waals surface area contributed by atoms with Gasteiger partial charge in [0.2, 0.25) is 0 Å². The van der Waals surface area contributed by atoms with E-state index in [0.717, 1.165) is 12.1 Å². The monoisotopic (exact) mass is 362 g/mol. The van der Waals surface area contributed by atoms with Crippen molar-refractivity contribution in [2.24, 2.45) is 5.73 Å². The topological polar surface area (TPSA) is 57.4 Å². The smallest absolute Gasteiger partial charge is 0.491 e. The number of hydrogen-bond acceptors (Lipinski definition) is 4. The number of aromatic nitrogens is 1. The molecule has 0 saturated heterocycles. The SMILES string of the molecule is NC1(c2ccc(OC(F)(F)F)c(F)c2)CCOc2ccc(Cl)nc21. The van der Waals surface area contributed by atoms with Gasteiger partial charge in [0.1, 0.15) is 16.6 Å². The number of fused-ring (bicyclic) bond motifs is 1. The summed E-state index contributed by atoms with van der Waals surface area (Å²) in [6, 6.07) is 6.16. The van der Waals surface area contributed by atoms with Crippen LogP contribution >= 0.6 is 11.6 Å². The predicted molar refractivity (Wildman–Crippen MR) is 77.4 cm³/mol. The molecule has 2 heterocycles. The molecule has 2 N–H and O–H groups in total. The summed E-state index contributed by atoms with van der Waals surface area (Å²) >= 11 is 5.88. The maximum atomic E-state index is 14.0. The number of benzene rings is 1. The minimum absolute atomic E-state index is 0.173. The van der Waals surface area contributed by atoms with Gasteiger partial charge < -0.3 is 15.2 Å². The summed E-state index contributed by atoms with van der Waals surface area (Å²) in [5.74, 6) is -1.71. The van der Waals surface area contributed by atoms with Gasteiger partial charge in [0.25, 0.3) is 0 Å². The summed E-state index contributed by atoms with van der Waals surface area (Å²) in [6.07, 6.45) is -4.73. The molecule has 24 heavy (non-hydrogen) atoms.